The van der Waals surface area contributed by atoms with Crippen LogP contribution in [-0.4, -0.2) is 43.0 Å². The van der Waals surface area contributed by atoms with Gasteiger partial charge in [0.1, 0.15) is 11.4 Å². The van der Waals surface area contributed by atoms with Crippen LogP contribution < -0.4 is 22.1 Å². The van der Waals surface area contributed by atoms with Crippen LogP contribution in [0.3, 0.4) is 0 Å². The lowest BCUT2D eigenvalue weighted by atomic mass is 9.91. The van der Waals surface area contributed by atoms with Gasteiger partial charge >= 0.3 is 0 Å². The van der Waals surface area contributed by atoms with Gasteiger partial charge in [0.25, 0.3) is 5.91 Å². The first-order valence-electron chi connectivity index (χ1n) is 9.91. The SMILES string of the molecule is N#Cc1cc(Nc2nc(N[C@@H]3CCCC[C@@H]3N)ncc2C(N)=O)cc(-n2ccnn2)c1. The van der Waals surface area contributed by atoms with E-state index in [4.69, 9.17) is 11.5 Å². The minimum absolute atomic E-state index is 0.0159. The summed E-state index contributed by atoms with van der Waals surface area (Å²) in [4.78, 5) is 20.6. The molecule has 1 aromatic carbocycles. The minimum atomic E-state index is -0.670. The molecular weight excluding hydrogens is 396 g/mol. The molecule has 2 heterocycles. The Labute approximate surface area is 178 Å². The van der Waals surface area contributed by atoms with E-state index in [-0.39, 0.29) is 23.5 Å². The largest absolute Gasteiger partial charge is 0.365 e. The van der Waals surface area contributed by atoms with E-state index in [9.17, 15) is 10.1 Å². The van der Waals surface area contributed by atoms with Gasteiger partial charge in [0.2, 0.25) is 5.95 Å². The van der Waals surface area contributed by atoms with Crippen LogP contribution in [0.2, 0.25) is 0 Å². The maximum absolute atomic E-state index is 11.9. The van der Waals surface area contributed by atoms with Gasteiger partial charge in [-0.1, -0.05) is 18.1 Å². The summed E-state index contributed by atoms with van der Waals surface area (Å²) < 4.78 is 1.53. The van der Waals surface area contributed by atoms with Crippen LogP contribution in [0.15, 0.2) is 36.8 Å². The highest BCUT2D eigenvalue weighted by molar-refractivity contribution is 5.98. The first kappa shape index (κ1) is 20.2. The van der Waals surface area contributed by atoms with E-state index in [1.54, 1.807) is 24.4 Å². The minimum Gasteiger partial charge on any atom is -0.365 e. The van der Waals surface area contributed by atoms with E-state index in [0.717, 1.165) is 25.7 Å². The van der Waals surface area contributed by atoms with E-state index < -0.39 is 5.91 Å². The molecular formula is C20H22N10O. The van der Waals surface area contributed by atoms with Crippen LogP contribution in [0.25, 0.3) is 5.69 Å². The fraction of sp³-hybridized carbons (Fsp3) is 0.300. The Balaban J connectivity index is 1.66. The molecule has 2 aromatic heterocycles. The van der Waals surface area contributed by atoms with Crippen LogP contribution in [0.5, 0.6) is 0 Å². The quantitative estimate of drug-likeness (QED) is 0.462. The number of nitrogens with two attached hydrogens (primary N) is 2. The van der Waals surface area contributed by atoms with Crippen LogP contribution >= 0.6 is 0 Å². The van der Waals surface area contributed by atoms with Gasteiger partial charge in [0, 0.05) is 24.0 Å². The third kappa shape index (κ3) is 4.59. The van der Waals surface area contributed by atoms with Crippen molar-refractivity contribution >= 4 is 23.4 Å². The number of hydrogen-bond acceptors (Lipinski definition) is 9. The monoisotopic (exact) mass is 418 g/mol. The molecule has 0 radical (unpaired) electrons. The van der Waals surface area contributed by atoms with Crippen molar-refractivity contribution in [3.63, 3.8) is 0 Å². The van der Waals surface area contributed by atoms with Crippen LogP contribution in [0.1, 0.15) is 41.6 Å². The summed E-state index contributed by atoms with van der Waals surface area (Å²) in [6, 6.07) is 7.25. The number of rotatable bonds is 6. The molecule has 6 N–H and O–H groups in total. The molecule has 11 heteroatoms. The van der Waals surface area contributed by atoms with Gasteiger partial charge in [-0.2, -0.15) is 10.2 Å². The van der Waals surface area contributed by atoms with Gasteiger partial charge in [-0.25, -0.2) is 9.67 Å². The van der Waals surface area contributed by atoms with E-state index in [1.807, 2.05) is 0 Å². The fourth-order valence-corrected chi connectivity index (χ4v) is 3.59. The van der Waals surface area contributed by atoms with Gasteiger partial charge < -0.3 is 22.1 Å². The number of carbonyl (C=O) groups excluding carboxylic acids is 1. The smallest absolute Gasteiger partial charge is 0.254 e. The number of primary amides is 1. The Hall–Kier alpha value is -4.04. The molecule has 0 saturated heterocycles. The van der Waals surface area contributed by atoms with Crippen molar-refractivity contribution < 1.29 is 4.79 Å². The zero-order valence-electron chi connectivity index (χ0n) is 16.7. The van der Waals surface area contributed by atoms with Gasteiger partial charge in [-0.15, -0.1) is 5.10 Å². The average Bonchev–Trinajstić information content (AvgIpc) is 3.30. The van der Waals surface area contributed by atoms with Crippen molar-refractivity contribution in [2.75, 3.05) is 10.6 Å². The number of hydrogen-bond donors (Lipinski definition) is 4. The lowest BCUT2D eigenvalue weighted by Gasteiger charge is -2.29. The Morgan fingerprint density at radius 2 is 2.10 bits per heavy atom. The highest BCUT2D eigenvalue weighted by Gasteiger charge is 2.23. The average molecular weight is 418 g/mol. The summed E-state index contributed by atoms with van der Waals surface area (Å²) in [5.74, 6) is -0.0897. The molecule has 11 nitrogen and oxygen atoms in total. The second-order valence-corrected chi connectivity index (χ2v) is 7.37. The van der Waals surface area contributed by atoms with Crippen LogP contribution in [0.4, 0.5) is 17.5 Å². The second-order valence-electron chi connectivity index (χ2n) is 7.37. The third-order valence-corrected chi connectivity index (χ3v) is 5.18. The summed E-state index contributed by atoms with van der Waals surface area (Å²) in [5, 5.41) is 23.5. The first-order chi connectivity index (χ1) is 15.0. The number of amides is 1. The van der Waals surface area contributed by atoms with Gasteiger partial charge in [-0.05, 0) is 31.0 Å². The maximum atomic E-state index is 11.9. The van der Waals surface area contributed by atoms with E-state index in [2.05, 4.69) is 37.0 Å². The topological polar surface area (TPSA) is 173 Å². The Morgan fingerprint density at radius 1 is 1.26 bits per heavy atom. The van der Waals surface area contributed by atoms with Crippen molar-refractivity contribution in [1.82, 2.24) is 25.0 Å². The molecule has 31 heavy (non-hydrogen) atoms. The van der Waals surface area contributed by atoms with Gasteiger partial charge in [0.15, 0.2) is 0 Å². The third-order valence-electron chi connectivity index (χ3n) is 5.18. The fourth-order valence-electron chi connectivity index (χ4n) is 3.59. The van der Waals surface area contributed by atoms with E-state index in [1.165, 1.54) is 17.1 Å². The number of anilines is 3. The molecule has 0 aliphatic heterocycles. The van der Waals surface area contributed by atoms with Crippen molar-refractivity contribution in [3.8, 4) is 11.8 Å². The molecule has 1 aliphatic rings. The molecule has 1 fully saturated rings. The number of aromatic nitrogens is 5. The molecule has 4 rings (SSSR count). The van der Waals surface area contributed by atoms with Gasteiger partial charge in [-0.3, -0.25) is 4.79 Å². The van der Waals surface area contributed by atoms with Gasteiger partial charge in [0.05, 0.1) is 29.7 Å². The predicted octanol–water partition coefficient (Wildman–Crippen LogP) is 1.45. The highest BCUT2D eigenvalue weighted by atomic mass is 16.1. The van der Waals surface area contributed by atoms with Crippen molar-refractivity contribution in [1.29, 1.82) is 5.26 Å². The Morgan fingerprint density at radius 3 is 2.81 bits per heavy atom. The number of nitriles is 1. The summed E-state index contributed by atoms with van der Waals surface area (Å²) in [6.07, 6.45) is 8.63. The lowest BCUT2D eigenvalue weighted by Crippen LogP contribution is -2.43. The molecule has 0 unspecified atom stereocenters. The predicted molar refractivity (Wildman–Crippen MR) is 114 cm³/mol. The van der Waals surface area contributed by atoms with Crippen LogP contribution in [0, 0.1) is 11.3 Å². The summed E-state index contributed by atoms with van der Waals surface area (Å²) in [5.41, 5.74) is 13.4. The number of benzene rings is 1. The molecule has 3 aromatic rings. The molecule has 2 atom stereocenters. The van der Waals surface area contributed by atoms with Crippen molar-refractivity contribution in [2.24, 2.45) is 11.5 Å². The molecule has 1 amide bonds. The standard InChI is InChI=1S/C20H22N10O/c21-10-12-7-13(9-14(8-12)30-6-5-25-29-30)26-19-15(18(23)31)11-24-20(28-19)27-17-4-2-1-3-16(17)22/h5-9,11,16-17H,1-4,22H2,(H2,23,31)(H2,24,26,27,28)/t16-,17+/m0/s1. The number of carbonyl (C=O) groups is 1. The normalized spacial score (nSPS) is 18.2. The summed E-state index contributed by atoms with van der Waals surface area (Å²) >= 11 is 0. The summed E-state index contributed by atoms with van der Waals surface area (Å²) in [7, 11) is 0. The molecule has 0 bridgehead atoms. The lowest BCUT2D eigenvalue weighted by molar-refractivity contribution is 0.100. The van der Waals surface area contributed by atoms with Crippen molar-refractivity contribution in [2.45, 2.75) is 37.8 Å². The number of nitrogens with one attached hydrogen (secondary N) is 2. The summed E-state index contributed by atoms with van der Waals surface area (Å²) in [6.45, 7) is 0. The molecule has 1 aliphatic carbocycles. The van der Waals surface area contributed by atoms with Crippen LogP contribution in [-0.2, 0) is 0 Å². The molecule has 1 saturated carbocycles. The van der Waals surface area contributed by atoms with Crippen molar-refractivity contribution in [3.05, 3.63) is 47.9 Å². The van der Waals surface area contributed by atoms with E-state index in [0.29, 0.717) is 22.9 Å². The maximum Gasteiger partial charge on any atom is 0.254 e. The second kappa shape index (κ2) is 8.76. The number of nitrogens with zero attached hydrogens (tertiary/aromatic N) is 6. The van der Waals surface area contributed by atoms with E-state index >= 15 is 0 Å². The highest BCUT2D eigenvalue weighted by Crippen LogP contribution is 2.25. The first-order valence-corrected chi connectivity index (χ1v) is 9.91. The molecule has 0 spiro atoms. The zero-order chi connectivity index (χ0) is 21.8. The zero-order valence-corrected chi connectivity index (χ0v) is 16.7. The molecule has 158 valence electrons. The Bertz CT molecular complexity index is 1120. The Kier molecular flexibility index (Phi) is 5.72.